The molecule has 0 fully saturated rings. The summed E-state index contributed by atoms with van der Waals surface area (Å²) >= 11 is 2.19. The molecule has 0 radical (unpaired) electrons. The van der Waals surface area contributed by atoms with E-state index < -0.39 is 23.6 Å². The van der Waals surface area contributed by atoms with Crippen LogP contribution in [0, 0.1) is 13.8 Å². The van der Waals surface area contributed by atoms with Crippen LogP contribution >= 0.6 is 22.7 Å². The highest BCUT2D eigenvalue weighted by molar-refractivity contribution is 7.23. The van der Waals surface area contributed by atoms with Crippen molar-refractivity contribution in [2.24, 2.45) is 0 Å². The topological polar surface area (TPSA) is 150 Å². The summed E-state index contributed by atoms with van der Waals surface area (Å²) in [5.41, 5.74) is 10.5. The summed E-state index contributed by atoms with van der Waals surface area (Å²) in [5.74, 6) is -1.80. The van der Waals surface area contributed by atoms with Crippen LogP contribution in [0.25, 0.3) is 10.0 Å². The van der Waals surface area contributed by atoms with Crippen LogP contribution in [-0.2, 0) is 22.7 Å². The van der Waals surface area contributed by atoms with Crippen LogP contribution in [0.5, 0.6) is 0 Å². The van der Waals surface area contributed by atoms with Gasteiger partial charge < -0.3 is 12.4 Å². The smallest absolute Gasteiger partial charge is 0.304 e. The summed E-state index contributed by atoms with van der Waals surface area (Å²) in [5, 5.41) is 0.908. The average molecular weight is 588 g/mol. The zero-order chi connectivity index (χ0) is 27.1. The second-order valence-corrected chi connectivity index (χ2v) is 9.97. The van der Waals surface area contributed by atoms with E-state index in [1.54, 1.807) is 72.0 Å². The summed E-state index contributed by atoms with van der Waals surface area (Å²) in [7, 11) is 0. The van der Waals surface area contributed by atoms with Crippen molar-refractivity contribution < 1.29 is 40.7 Å². The monoisotopic (exact) mass is 587 g/mol. The quantitative estimate of drug-likeness (QED) is 0.137. The highest BCUT2D eigenvalue weighted by atomic mass is 35.5. The molecule has 0 saturated heterocycles. The summed E-state index contributed by atoms with van der Waals surface area (Å²) in [4.78, 5) is 59.0. The molecule has 4 aromatic heterocycles. The lowest BCUT2D eigenvalue weighted by atomic mass is 10.4. The Labute approximate surface area is 237 Å². The largest absolute Gasteiger partial charge is 1.00 e. The zero-order valence-corrected chi connectivity index (χ0v) is 23.2. The SMILES string of the molecule is Cc1nc(-c2nc(C)c(C(=O)NNC(=O)C[n+]3ccccc3)s2)sc1C(=O)NNC(=O)C[n+]1ccccc1.[Cl-]. The van der Waals surface area contributed by atoms with Gasteiger partial charge in [0.25, 0.3) is 11.8 Å². The van der Waals surface area contributed by atoms with Crippen LogP contribution in [0.3, 0.4) is 0 Å². The van der Waals surface area contributed by atoms with Crippen molar-refractivity contribution in [3.05, 3.63) is 82.3 Å². The van der Waals surface area contributed by atoms with Gasteiger partial charge in [0, 0.05) is 24.3 Å². The number of carbonyl (C=O) groups excluding carboxylic acids is 4. The first-order valence-corrected chi connectivity index (χ1v) is 12.9. The van der Waals surface area contributed by atoms with Crippen LogP contribution in [0.15, 0.2) is 61.2 Å². The standard InChI is InChI=1S/C24H22N8O4S2.ClH/c1-15-19(21(35)29-27-17(33)13-31-9-5-3-6-10-31)37-23(25-15)24-26-16(2)20(38-24)22(36)30-28-18(34)14-32-11-7-4-8-12-32;/h3-12H,13-14H2,1-2H3,(H2-2,25,26,27,28,29,30,33,34,35,36);1H/p+1. The van der Waals surface area contributed by atoms with Crippen molar-refractivity contribution >= 4 is 46.3 Å². The minimum Gasteiger partial charge on any atom is -1.00 e. The molecule has 202 valence electrons. The van der Waals surface area contributed by atoms with Gasteiger partial charge in [-0.3, -0.25) is 40.9 Å². The molecule has 0 aromatic carbocycles. The van der Waals surface area contributed by atoms with E-state index in [0.29, 0.717) is 31.2 Å². The van der Waals surface area contributed by atoms with E-state index in [2.05, 4.69) is 31.7 Å². The van der Waals surface area contributed by atoms with Gasteiger partial charge in [-0.05, 0) is 13.8 Å². The van der Waals surface area contributed by atoms with Crippen molar-refractivity contribution in [2.45, 2.75) is 26.9 Å². The van der Waals surface area contributed by atoms with Gasteiger partial charge in [0.1, 0.15) is 9.75 Å². The second kappa shape index (κ2) is 13.5. The molecule has 4 rings (SSSR count). The average Bonchev–Trinajstić information content (AvgIpc) is 3.49. The lowest BCUT2D eigenvalue weighted by Crippen LogP contribution is -3.00. The van der Waals surface area contributed by atoms with E-state index in [0.717, 1.165) is 22.7 Å². The number of carbonyl (C=O) groups is 4. The van der Waals surface area contributed by atoms with Crippen LogP contribution in [0.2, 0.25) is 0 Å². The number of halogens is 1. The molecule has 4 amide bonds. The molecular weight excluding hydrogens is 564 g/mol. The number of hydrogen-bond donors (Lipinski definition) is 4. The van der Waals surface area contributed by atoms with Gasteiger partial charge >= 0.3 is 11.8 Å². The number of rotatable bonds is 7. The van der Waals surface area contributed by atoms with Crippen LogP contribution in [0.1, 0.15) is 30.7 Å². The third-order valence-electron chi connectivity index (χ3n) is 5.03. The first-order chi connectivity index (χ1) is 18.3. The van der Waals surface area contributed by atoms with Gasteiger partial charge in [-0.15, -0.1) is 22.7 Å². The predicted molar refractivity (Wildman–Crippen MR) is 137 cm³/mol. The van der Waals surface area contributed by atoms with Gasteiger partial charge in [-0.1, -0.05) is 12.1 Å². The highest BCUT2D eigenvalue weighted by Crippen LogP contribution is 2.32. The molecule has 4 heterocycles. The molecule has 39 heavy (non-hydrogen) atoms. The van der Waals surface area contributed by atoms with Gasteiger partial charge in [-0.2, -0.15) is 9.13 Å². The Bertz CT molecular complexity index is 1370. The Morgan fingerprint density at radius 1 is 0.641 bits per heavy atom. The third-order valence-corrected chi connectivity index (χ3v) is 7.48. The number of aromatic nitrogens is 4. The number of thiazole rings is 2. The number of amides is 4. The number of pyridine rings is 2. The number of hydrazine groups is 2. The lowest BCUT2D eigenvalue weighted by molar-refractivity contribution is -0.684. The van der Waals surface area contributed by atoms with Gasteiger partial charge in [0.15, 0.2) is 34.8 Å². The Morgan fingerprint density at radius 3 is 1.36 bits per heavy atom. The molecule has 0 bridgehead atoms. The van der Waals surface area contributed by atoms with Crippen molar-refractivity contribution in [1.29, 1.82) is 0 Å². The molecule has 12 nitrogen and oxygen atoms in total. The van der Waals surface area contributed by atoms with Gasteiger partial charge in [0.2, 0.25) is 13.1 Å². The first-order valence-electron chi connectivity index (χ1n) is 11.3. The van der Waals surface area contributed by atoms with Crippen LogP contribution < -0.4 is 43.2 Å². The van der Waals surface area contributed by atoms with Crippen molar-refractivity contribution in [2.75, 3.05) is 0 Å². The van der Waals surface area contributed by atoms with Gasteiger partial charge in [-0.25, -0.2) is 9.97 Å². The minimum absolute atomic E-state index is 0. The summed E-state index contributed by atoms with van der Waals surface area (Å²) < 4.78 is 3.34. The van der Waals surface area contributed by atoms with E-state index in [-0.39, 0.29) is 25.5 Å². The number of nitrogens with zero attached hydrogens (tertiary/aromatic N) is 4. The van der Waals surface area contributed by atoms with E-state index in [1.165, 1.54) is 0 Å². The van der Waals surface area contributed by atoms with Crippen molar-refractivity contribution in [1.82, 2.24) is 31.7 Å². The van der Waals surface area contributed by atoms with Gasteiger partial charge in [0.05, 0.1) is 11.4 Å². The molecule has 4 aromatic rings. The molecule has 0 aliphatic heterocycles. The second-order valence-electron chi connectivity index (χ2n) is 7.97. The van der Waals surface area contributed by atoms with Crippen LogP contribution in [-0.4, -0.2) is 33.6 Å². The van der Waals surface area contributed by atoms with Crippen LogP contribution in [0.4, 0.5) is 0 Å². The minimum atomic E-state index is -0.511. The van der Waals surface area contributed by atoms with E-state index in [9.17, 15) is 19.2 Å². The molecule has 0 unspecified atom stereocenters. The molecule has 4 N–H and O–H groups in total. The summed E-state index contributed by atoms with van der Waals surface area (Å²) in [6, 6.07) is 10.9. The molecule has 0 aliphatic rings. The zero-order valence-electron chi connectivity index (χ0n) is 20.8. The molecular formula is C24H24ClN8O4S2+. The van der Waals surface area contributed by atoms with E-state index >= 15 is 0 Å². The lowest BCUT2D eigenvalue weighted by Gasteiger charge is -2.04. The fourth-order valence-corrected chi connectivity index (χ4v) is 5.20. The Hall–Kier alpha value is -4.27. The predicted octanol–water partition coefficient (Wildman–Crippen LogP) is -2.62. The molecule has 15 heteroatoms. The number of aryl methyl sites for hydroxylation is 2. The maximum absolute atomic E-state index is 12.6. The first kappa shape index (κ1) is 29.3. The summed E-state index contributed by atoms with van der Waals surface area (Å²) in [6.07, 6.45) is 6.96. The van der Waals surface area contributed by atoms with E-state index in [4.69, 9.17) is 0 Å². The molecule has 0 atom stereocenters. The maximum atomic E-state index is 12.6. The molecule has 0 aliphatic carbocycles. The normalized spacial score (nSPS) is 10.2. The third kappa shape index (κ3) is 7.86. The fraction of sp³-hybridized carbons (Fsp3) is 0.167. The highest BCUT2D eigenvalue weighted by Gasteiger charge is 2.22. The Morgan fingerprint density at radius 2 is 1.00 bits per heavy atom. The maximum Gasteiger partial charge on any atom is 0.304 e. The number of hydrogen-bond acceptors (Lipinski definition) is 8. The Kier molecular flexibility index (Phi) is 10.1. The molecule has 0 spiro atoms. The Balaban J connectivity index is 0.00000420. The fourth-order valence-electron chi connectivity index (χ4n) is 3.25. The number of nitrogens with one attached hydrogen (secondary N) is 4. The van der Waals surface area contributed by atoms with Crippen molar-refractivity contribution in [3.63, 3.8) is 0 Å². The van der Waals surface area contributed by atoms with E-state index in [1.807, 2.05) is 12.1 Å². The summed E-state index contributed by atoms with van der Waals surface area (Å²) in [6.45, 7) is 3.43. The van der Waals surface area contributed by atoms with Crippen molar-refractivity contribution in [3.8, 4) is 10.0 Å². The molecule has 0 saturated carbocycles.